The number of nitro groups is 1. The van der Waals surface area contributed by atoms with Gasteiger partial charge in [0.05, 0.1) is 38.3 Å². The van der Waals surface area contributed by atoms with Gasteiger partial charge in [0.25, 0.3) is 11.2 Å². The van der Waals surface area contributed by atoms with E-state index in [9.17, 15) is 19.7 Å². The van der Waals surface area contributed by atoms with Crippen LogP contribution in [0.4, 0.5) is 5.69 Å². The molecule has 0 radical (unpaired) electrons. The predicted octanol–water partition coefficient (Wildman–Crippen LogP) is 3.99. The Hall–Kier alpha value is -4.82. The molecule has 0 saturated heterocycles. The van der Waals surface area contributed by atoms with E-state index in [2.05, 4.69) is 15.0 Å². The van der Waals surface area contributed by atoms with Gasteiger partial charge in [-0.3, -0.25) is 19.5 Å². The van der Waals surface area contributed by atoms with Gasteiger partial charge >= 0.3 is 5.97 Å². The lowest BCUT2D eigenvalue weighted by Gasteiger charge is -2.24. The van der Waals surface area contributed by atoms with Crippen LogP contribution in [0.25, 0.3) is 6.08 Å². The number of carbonyl (C=O) groups is 1. The number of hydrogen-bond donors (Lipinski definition) is 0. The number of nitro benzene ring substituents is 1. The number of ether oxygens (including phenoxy) is 3. The summed E-state index contributed by atoms with van der Waals surface area (Å²) in [4.78, 5) is 52.8. The van der Waals surface area contributed by atoms with E-state index in [0.717, 1.165) is 34.5 Å². The molecule has 2 aromatic heterocycles. The molecule has 0 bridgehead atoms. The topological polar surface area (TPSA) is 148 Å². The average molecular weight is 632 g/mol. The van der Waals surface area contributed by atoms with E-state index < -0.39 is 22.5 Å². The van der Waals surface area contributed by atoms with E-state index in [0.29, 0.717) is 47.7 Å². The molecule has 2 aromatic carbocycles. The number of thiazole rings is 1. The molecule has 14 heteroatoms. The maximum absolute atomic E-state index is 14.0. The number of hydrogen-bond acceptors (Lipinski definition) is 12. The Morgan fingerprint density at radius 1 is 1.14 bits per heavy atom. The maximum Gasteiger partial charge on any atom is 0.338 e. The van der Waals surface area contributed by atoms with Crippen LogP contribution in [0.15, 0.2) is 73.6 Å². The highest BCUT2D eigenvalue weighted by atomic mass is 32.2. The van der Waals surface area contributed by atoms with Crippen molar-refractivity contribution in [1.82, 2.24) is 14.5 Å². The number of nitrogens with zero attached hydrogens (tertiary/aromatic N) is 5. The van der Waals surface area contributed by atoms with Gasteiger partial charge in [-0.1, -0.05) is 23.5 Å². The highest BCUT2D eigenvalue weighted by Crippen LogP contribution is 2.38. The van der Waals surface area contributed by atoms with E-state index in [4.69, 9.17) is 14.2 Å². The second kappa shape index (κ2) is 11.7. The third-order valence-electron chi connectivity index (χ3n) is 6.87. The molecule has 224 valence electrons. The Kier molecular flexibility index (Phi) is 7.78. The monoisotopic (exact) mass is 631 g/mol. The number of carbonyl (C=O) groups excluding carboxylic acids is 1. The molecule has 0 amide bonds. The summed E-state index contributed by atoms with van der Waals surface area (Å²) in [6, 6.07) is 10.9. The summed E-state index contributed by atoms with van der Waals surface area (Å²) in [5.41, 5.74) is 2.69. The van der Waals surface area contributed by atoms with Crippen LogP contribution in [0.2, 0.25) is 0 Å². The normalized spacial score (nSPS) is 15.6. The van der Waals surface area contributed by atoms with Gasteiger partial charge in [-0.25, -0.2) is 19.8 Å². The van der Waals surface area contributed by atoms with Crippen molar-refractivity contribution in [3.8, 4) is 11.5 Å². The molecule has 4 aromatic rings. The molecule has 4 heterocycles. The van der Waals surface area contributed by atoms with Crippen LogP contribution in [0.5, 0.6) is 11.5 Å². The van der Waals surface area contributed by atoms with Crippen molar-refractivity contribution < 1.29 is 23.9 Å². The van der Waals surface area contributed by atoms with E-state index >= 15 is 0 Å². The van der Waals surface area contributed by atoms with Gasteiger partial charge in [0.2, 0.25) is 6.79 Å². The number of aryl methyl sites for hydroxylation is 2. The van der Waals surface area contributed by atoms with Gasteiger partial charge in [-0.15, -0.1) is 0 Å². The zero-order valence-electron chi connectivity index (χ0n) is 24.0. The first-order valence-electron chi connectivity index (χ1n) is 13.5. The van der Waals surface area contributed by atoms with Crippen molar-refractivity contribution in [1.29, 1.82) is 0 Å². The van der Waals surface area contributed by atoms with Crippen LogP contribution in [-0.4, -0.2) is 38.8 Å². The zero-order chi connectivity index (χ0) is 31.1. The first-order chi connectivity index (χ1) is 21.1. The molecule has 0 fully saturated rings. The smallest absolute Gasteiger partial charge is 0.338 e. The predicted molar refractivity (Wildman–Crippen MR) is 162 cm³/mol. The summed E-state index contributed by atoms with van der Waals surface area (Å²) >= 11 is 2.23. The second-order valence-electron chi connectivity index (χ2n) is 9.93. The Morgan fingerprint density at radius 2 is 1.89 bits per heavy atom. The molecule has 0 saturated carbocycles. The molecule has 6 rings (SSSR count). The molecule has 2 aliphatic rings. The number of esters is 1. The highest BCUT2D eigenvalue weighted by molar-refractivity contribution is 7.99. The second-order valence-corrected chi connectivity index (χ2v) is 12.0. The number of rotatable bonds is 7. The van der Waals surface area contributed by atoms with Gasteiger partial charge in [-0.2, -0.15) is 0 Å². The van der Waals surface area contributed by atoms with Crippen molar-refractivity contribution in [2.24, 2.45) is 4.99 Å². The maximum atomic E-state index is 14.0. The molecule has 1 atom stereocenters. The van der Waals surface area contributed by atoms with E-state index in [-0.39, 0.29) is 24.7 Å². The number of benzene rings is 2. The quantitative estimate of drug-likeness (QED) is 0.127. The fraction of sp³-hybridized carbons (Fsp3) is 0.233. The van der Waals surface area contributed by atoms with Gasteiger partial charge in [0.1, 0.15) is 0 Å². The lowest BCUT2D eigenvalue weighted by Crippen LogP contribution is -2.39. The minimum absolute atomic E-state index is 0.0717. The molecular weight excluding hydrogens is 606 g/mol. The van der Waals surface area contributed by atoms with E-state index in [1.54, 1.807) is 50.3 Å². The third kappa shape index (κ3) is 5.49. The summed E-state index contributed by atoms with van der Waals surface area (Å²) in [5.74, 6) is 0.480. The SMILES string of the molecule is CCOC(=O)C1=C(C)N=c2s/c(=C/c3ccc(Sc4nc(C)cc(C)n4)c([N+](=O)[O-])c3)c(=O)n2[C@@H]1c1ccc2c(c1)OCO2. The average Bonchev–Trinajstić information content (AvgIpc) is 3.56. The minimum Gasteiger partial charge on any atom is -0.463 e. The molecule has 2 aliphatic heterocycles. The van der Waals surface area contributed by atoms with Crippen molar-refractivity contribution in [2.75, 3.05) is 13.4 Å². The largest absolute Gasteiger partial charge is 0.463 e. The summed E-state index contributed by atoms with van der Waals surface area (Å²) in [6.45, 7) is 7.29. The van der Waals surface area contributed by atoms with Crippen molar-refractivity contribution in [3.63, 3.8) is 0 Å². The fourth-order valence-electron chi connectivity index (χ4n) is 5.03. The standard InChI is InChI=1S/C30H25N5O7S2/c1-5-40-28(37)25-17(4)33-30-34(26(25)19-7-8-21-22(13-19)42-14-41-21)27(36)24(44-30)12-18-6-9-23(20(11-18)35(38)39)43-29-31-15(2)10-16(3)32-29/h6-13,26H,5,14H2,1-4H3/b24-12+/t26-/m1/s1. The molecule has 0 N–H and O–H groups in total. The van der Waals surface area contributed by atoms with Crippen LogP contribution in [0, 0.1) is 24.0 Å². The van der Waals surface area contributed by atoms with Crippen LogP contribution in [0.1, 0.15) is 42.4 Å². The van der Waals surface area contributed by atoms with Crippen molar-refractivity contribution in [2.45, 2.75) is 43.8 Å². The van der Waals surface area contributed by atoms with Gasteiger partial charge in [0.15, 0.2) is 21.5 Å². The van der Waals surface area contributed by atoms with Crippen LogP contribution >= 0.6 is 23.1 Å². The number of allylic oxidation sites excluding steroid dienone is 1. The molecule has 0 unspecified atom stereocenters. The Morgan fingerprint density at radius 3 is 2.61 bits per heavy atom. The van der Waals surface area contributed by atoms with E-state index in [1.807, 2.05) is 19.9 Å². The minimum atomic E-state index is -0.840. The Labute approximate surface area is 258 Å². The van der Waals surface area contributed by atoms with Crippen LogP contribution < -0.4 is 24.4 Å². The number of aromatic nitrogens is 3. The summed E-state index contributed by atoms with van der Waals surface area (Å²) in [7, 11) is 0. The van der Waals surface area contributed by atoms with Gasteiger partial charge < -0.3 is 14.2 Å². The first kappa shape index (κ1) is 29.3. The van der Waals surface area contributed by atoms with Gasteiger partial charge in [0, 0.05) is 17.5 Å². The summed E-state index contributed by atoms with van der Waals surface area (Å²) < 4.78 is 18.1. The zero-order valence-corrected chi connectivity index (χ0v) is 25.7. The van der Waals surface area contributed by atoms with Gasteiger partial charge in [-0.05, 0) is 80.9 Å². The first-order valence-corrected chi connectivity index (χ1v) is 15.1. The Bertz CT molecular complexity index is 2050. The van der Waals surface area contributed by atoms with E-state index in [1.165, 1.54) is 10.6 Å². The number of fused-ring (bicyclic) bond motifs is 2. The van der Waals surface area contributed by atoms with Crippen LogP contribution in [0.3, 0.4) is 0 Å². The lowest BCUT2D eigenvalue weighted by atomic mass is 9.95. The Balaban J connectivity index is 1.45. The van der Waals surface area contributed by atoms with Crippen LogP contribution in [-0.2, 0) is 9.53 Å². The molecule has 0 aliphatic carbocycles. The molecular formula is C30H25N5O7S2. The lowest BCUT2D eigenvalue weighted by molar-refractivity contribution is -0.387. The summed E-state index contributed by atoms with van der Waals surface area (Å²) in [5, 5.41) is 12.4. The van der Waals surface area contributed by atoms with Crippen molar-refractivity contribution in [3.05, 3.63) is 106 Å². The summed E-state index contributed by atoms with van der Waals surface area (Å²) in [6.07, 6.45) is 1.58. The fourth-order valence-corrected chi connectivity index (χ4v) is 7.03. The third-order valence-corrected chi connectivity index (χ3v) is 8.78. The van der Waals surface area contributed by atoms with Crippen molar-refractivity contribution >= 4 is 40.8 Å². The molecule has 0 spiro atoms. The molecule has 44 heavy (non-hydrogen) atoms. The highest BCUT2D eigenvalue weighted by Gasteiger charge is 2.34. The molecule has 12 nitrogen and oxygen atoms in total.